The summed E-state index contributed by atoms with van der Waals surface area (Å²) in [5.74, 6) is 7.63. The van der Waals surface area contributed by atoms with Crippen LogP contribution in [0.15, 0.2) is 75.9 Å². The van der Waals surface area contributed by atoms with Gasteiger partial charge in [0, 0.05) is 41.3 Å². The number of carbonyl (C=O) groups is 1. The van der Waals surface area contributed by atoms with Crippen LogP contribution in [0.1, 0.15) is 51.4 Å². The van der Waals surface area contributed by atoms with Gasteiger partial charge >= 0.3 is 5.69 Å². The topological polar surface area (TPSA) is 137 Å². The molecule has 1 aliphatic rings. The van der Waals surface area contributed by atoms with E-state index in [9.17, 15) is 14.4 Å². The van der Waals surface area contributed by atoms with E-state index in [0.29, 0.717) is 45.4 Å². The number of amides is 1. The van der Waals surface area contributed by atoms with Crippen LogP contribution in [0.5, 0.6) is 11.5 Å². The van der Waals surface area contributed by atoms with Gasteiger partial charge in [0.05, 0.1) is 22.9 Å². The zero-order valence-corrected chi connectivity index (χ0v) is 30.1. The molecule has 0 aliphatic carbocycles. The molecule has 0 radical (unpaired) electrons. The number of rotatable bonds is 8. The van der Waals surface area contributed by atoms with E-state index in [1.165, 1.54) is 22.1 Å². The molecule has 5 aromatic rings. The highest BCUT2D eigenvalue weighted by molar-refractivity contribution is 7.27. The zero-order chi connectivity index (χ0) is 35.4. The summed E-state index contributed by atoms with van der Waals surface area (Å²) in [5.41, 5.74) is 7.64. The number of likely N-dealkylation sites (tertiary alicyclic amines) is 1. The summed E-state index contributed by atoms with van der Waals surface area (Å²) >= 11 is 1.46. The van der Waals surface area contributed by atoms with Gasteiger partial charge in [-0.3, -0.25) is 14.2 Å². The number of carbonyl (C=O) groups excluding carboxylic acids is 1. The molecule has 0 bridgehead atoms. The number of nitrogen functional groups attached to an aromatic ring is 1. The predicted molar refractivity (Wildman–Crippen MR) is 201 cm³/mol. The van der Waals surface area contributed by atoms with Crippen LogP contribution in [0.25, 0.3) is 5.69 Å². The van der Waals surface area contributed by atoms with Gasteiger partial charge in [-0.15, -0.1) is 20.6 Å². The van der Waals surface area contributed by atoms with Gasteiger partial charge in [-0.05, 0) is 83.1 Å². The van der Waals surface area contributed by atoms with E-state index in [0.717, 1.165) is 47.5 Å². The quantitative estimate of drug-likeness (QED) is 0.175. The van der Waals surface area contributed by atoms with Crippen molar-refractivity contribution < 1.29 is 9.53 Å². The Bertz CT molecular complexity index is 2230. The predicted octanol–water partition coefficient (Wildman–Crippen LogP) is 4.73. The molecule has 3 N–H and O–H groups in total. The first kappa shape index (κ1) is 34.8. The SMILES string of the molecule is Cc1ccc(-n2c(=O)c(C(=O)Nc3ccc(Oc4ccnc(N)c4C#CCC4CCN(C)CC4)c(P)c3)cn(Cc3csc(C)n3)c2=O)cc1. The minimum atomic E-state index is -0.729. The van der Waals surface area contributed by atoms with Crippen molar-refractivity contribution in [2.75, 3.05) is 31.2 Å². The molecule has 1 saturated heterocycles. The van der Waals surface area contributed by atoms with Gasteiger partial charge in [0.1, 0.15) is 28.4 Å². The Kier molecular flexibility index (Phi) is 10.6. The molecule has 3 aromatic heterocycles. The minimum Gasteiger partial charge on any atom is -0.455 e. The zero-order valence-electron chi connectivity index (χ0n) is 28.1. The number of ether oxygens (including phenoxy) is 1. The molecule has 1 unspecified atom stereocenters. The van der Waals surface area contributed by atoms with E-state index >= 15 is 0 Å². The second-order valence-corrected chi connectivity index (χ2v) is 14.1. The Balaban J connectivity index is 1.24. The molecule has 1 amide bonds. The Labute approximate surface area is 296 Å². The Morgan fingerprint density at radius 1 is 1.10 bits per heavy atom. The molecule has 6 rings (SSSR count). The lowest BCUT2D eigenvalue weighted by Gasteiger charge is -2.27. The maximum Gasteiger partial charge on any atom is 0.336 e. The van der Waals surface area contributed by atoms with Crippen LogP contribution in [-0.4, -0.2) is 50.0 Å². The van der Waals surface area contributed by atoms with Gasteiger partial charge in [-0.1, -0.05) is 29.5 Å². The van der Waals surface area contributed by atoms with Crippen LogP contribution in [0.4, 0.5) is 11.5 Å². The van der Waals surface area contributed by atoms with Gasteiger partial charge in [-0.2, -0.15) is 0 Å². The largest absolute Gasteiger partial charge is 0.455 e. The number of nitrogens with zero attached hydrogens (tertiary/aromatic N) is 5. The first-order valence-electron chi connectivity index (χ1n) is 16.2. The molecule has 1 aliphatic heterocycles. The number of benzene rings is 2. The fourth-order valence-corrected chi connectivity index (χ4v) is 6.64. The first-order valence-corrected chi connectivity index (χ1v) is 17.7. The second kappa shape index (κ2) is 15.2. The molecule has 1 atom stereocenters. The number of hydrogen-bond acceptors (Lipinski definition) is 9. The van der Waals surface area contributed by atoms with E-state index < -0.39 is 17.2 Å². The molecule has 13 heteroatoms. The van der Waals surface area contributed by atoms with Gasteiger partial charge < -0.3 is 20.7 Å². The summed E-state index contributed by atoms with van der Waals surface area (Å²) in [6.45, 7) is 6.04. The smallest absolute Gasteiger partial charge is 0.336 e. The second-order valence-electron chi connectivity index (χ2n) is 12.4. The Morgan fingerprint density at radius 2 is 1.86 bits per heavy atom. The van der Waals surface area contributed by atoms with Crippen molar-refractivity contribution in [2.24, 2.45) is 5.92 Å². The maximum absolute atomic E-state index is 13.7. The highest BCUT2D eigenvalue weighted by atomic mass is 32.1. The molecule has 0 spiro atoms. The third-order valence-corrected chi connectivity index (χ3v) is 9.84. The summed E-state index contributed by atoms with van der Waals surface area (Å²) in [5, 5.41) is 6.15. The molecule has 4 heterocycles. The van der Waals surface area contributed by atoms with Crippen molar-refractivity contribution >= 4 is 43.3 Å². The van der Waals surface area contributed by atoms with Crippen LogP contribution in [0.3, 0.4) is 0 Å². The number of aromatic nitrogens is 4. The molecule has 1 fully saturated rings. The van der Waals surface area contributed by atoms with E-state index in [1.807, 2.05) is 19.2 Å². The number of aryl methyl sites for hydroxylation is 2. The van der Waals surface area contributed by atoms with Gasteiger partial charge in [0.15, 0.2) is 0 Å². The minimum absolute atomic E-state index is 0.0987. The molecular weight excluding hydrogens is 669 g/mol. The lowest BCUT2D eigenvalue weighted by Crippen LogP contribution is -2.42. The summed E-state index contributed by atoms with van der Waals surface area (Å²) < 4.78 is 8.59. The number of thiazole rings is 1. The van der Waals surface area contributed by atoms with Crippen LogP contribution in [0, 0.1) is 31.6 Å². The Morgan fingerprint density at radius 3 is 2.56 bits per heavy atom. The highest BCUT2D eigenvalue weighted by Crippen LogP contribution is 2.29. The average Bonchev–Trinajstić information content (AvgIpc) is 3.50. The summed E-state index contributed by atoms with van der Waals surface area (Å²) in [4.78, 5) is 51.9. The Hall–Kier alpha value is -5.08. The summed E-state index contributed by atoms with van der Waals surface area (Å²) in [6, 6.07) is 13.8. The normalized spacial score (nSPS) is 13.4. The molecule has 50 heavy (non-hydrogen) atoms. The van der Waals surface area contributed by atoms with Crippen LogP contribution in [-0.2, 0) is 6.54 Å². The van der Waals surface area contributed by atoms with Crippen molar-refractivity contribution in [3.8, 4) is 29.0 Å². The highest BCUT2D eigenvalue weighted by Gasteiger charge is 2.20. The third-order valence-electron chi connectivity index (χ3n) is 8.56. The van der Waals surface area contributed by atoms with Gasteiger partial charge in [0.25, 0.3) is 11.5 Å². The average molecular weight is 708 g/mol. The molecular formula is C37H38N7O4PS. The number of nitrogens with two attached hydrogens (primary N) is 1. The molecule has 2 aromatic carbocycles. The number of nitrogens with one attached hydrogen (secondary N) is 1. The van der Waals surface area contributed by atoms with Gasteiger partial charge in [-0.25, -0.2) is 19.3 Å². The van der Waals surface area contributed by atoms with Crippen LogP contribution in [0.2, 0.25) is 0 Å². The fraction of sp³-hybridized carbons (Fsp3) is 0.270. The lowest BCUT2D eigenvalue weighted by molar-refractivity contribution is 0.102. The van der Waals surface area contributed by atoms with Crippen LogP contribution >= 0.6 is 20.6 Å². The van der Waals surface area contributed by atoms with E-state index in [-0.39, 0.29) is 17.9 Å². The standard InChI is InChI=1S/C37H38N7O4PS/c1-23-7-10-28(11-8-23)44-36(46)30(21-43(37(44)47)20-27-22-50-24(2)40-27)35(45)41-26-9-12-32(33(49)19-26)48-31-13-16-39-34(38)29(31)6-4-5-25-14-17-42(3)18-15-25/h7-13,16,19,21-22,25H,5,14-15,17-18,20,49H2,1-3H3,(H2,38,39)(H,41,45). The van der Waals surface area contributed by atoms with Crippen molar-refractivity contribution in [1.82, 2.24) is 24.0 Å². The van der Waals surface area contributed by atoms with Crippen molar-refractivity contribution in [3.05, 3.63) is 115 Å². The summed E-state index contributed by atoms with van der Waals surface area (Å²) in [6.07, 6.45) is 5.89. The third kappa shape index (κ3) is 8.03. The van der Waals surface area contributed by atoms with Crippen molar-refractivity contribution in [1.29, 1.82) is 0 Å². The number of piperidine rings is 1. The van der Waals surface area contributed by atoms with Crippen LogP contribution < -0.4 is 32.3 Å². The van der Waals surface area contributed by atoms with E-state index in [4.69, 9.17) is 10.5 Å². The maximum atomic E-state index is 13.7. The molecule has 0 saturated carbocycles. The first-order chi connectivity index (χ1) is 24.0. The summed E-state index contributed by atoms with van der Waals surface area (Å²) in [7, 11) is 4.74. The number of pyridine rings is 1. The van der Waals surface area contributed by atoms with E-state index in [2.05, 4.69) is 48.3 Å². The van der Waals surface area contributed by atoms with Crippen molar-refractivity contribution in [3.63, 3.8) is 0 Å². The van der Waals surface area contributed by atoms with Crippen molar-refractivity contribution in [2.45, 2.75) is 39.7 Å². The monoisotopic (exact) mass is 707 g/mol. The number of hydrogen-bond donors (Lipinski definition) is 2. The number of anilines is 2. The molecule has 256 valence electrons. The van der Waals surface area contributed by atoms with E-state index in [1.54, 1.807) is 54.7 Å². The molecule has 11 nitrogen and oxygen atoms in total. The lowest BCUT2D eigenvalue weighted by atomic mass is 9.94. The van der Waals surface area contributed by atoms with Gasteiger partial charge in [0.2, 0.25) is 0 Å². The fourth-order valence-electron chi connectivity index (χ4n) is 5.70.